The summed E-state index contributed by atoms with van der Waals surface area (Å²) < 4.78 is 22.7. The Morgan fingerprint density at radius 3 is 2.67 bits per heavy atom. The van der Waals surface area contributed by atoms with Crippen LogP contribution in [-0.4, -0.2) is 50.0 Å². The van der Waals surface area contributed by atoms with Crippen molar-refractivity contribution >= 4 is 27.5 Å². The van der Waals surface area contributed by atoms with Gasteiger partial charge in [0, 0.05) is 30.1 Å². The van der Waals surface area contributed by atoms with Crippen molar-refractivity contribution in [1.29, 1.82) is 0 Å². The fourth-order valence-electron chi connectivity index (χ4n) is 2.63. The normalized spacial score (nSPS) is 27.2. The van der Waals surface area contributed by atoms with E-state index in [1.807, 2.05) is 24.3 Å². The molecule has 0 radical (unpaired) electrons. The van der Waals surface area contributed by atoms with E-state index in [2.05, 4.69) is 5.32 Å². The maximum absolute atomic E-state index is 12.1. The van der Waals surface area contributed by atoms with E-state index in [1.165, 1.54) is 0 Å². The first-order valence-corrected chi connectivity index (χ1v) is 9.16. The summed E-state index contributed by atoms with van der Waals surface area (Å²) in [4.78, 5) is 13.7. The Hall–Kier alpha value is -1.27. The SMILES string of the molecule is O=C(N[C@H]1C[C@H]1c1cccc(Cl)c1)N1CCS(=O)(=O)CC1. The molecule has 2 atom stereocenters. The third-order valence-corrected chi connectivity index (χ3v) is 5.85. The van der Waals surface area contributed by atoms with Crippen molar-refractivity contribution in [3.8, 4) is 0 Å². The summed E-state index contributed by atoms with van der Waals surface area (Å²) in [5, 5.41) is 3.67. The lowest BCUT2D eigenvalue weighted by molar-refractivity contribution is 0.201. The molecular formula is C14H17ClN2O3S. The van der Waals surface area contributed by atoms with E-state index in [0.29, 0.717) is 10.9 Å². The lowest BCUT2D eigenvalue weighted by Gasteiger charge is -2.26. The number of carbonyl (C=O) groups excluding carboxylic acids is 1. The second kappa shape index (κ2) is 5.50. The standard InChI is InChI=1S/C14H17ClN2O3S/c15-11-3-1-2-10(8-11)12-9-13(12)16-14(18)17-4-6-21(19,20)7-5-17/h1-3,8,12-13H,4-7,9H2,(H,16,18)/t12-,13-/m0/s1. The van der Waals surface area contributed by atoms with E-state index in [1.54, 1.807) is 4.90 Å². The molecule has 1 heterocycles. The van der Waals surface area contributed by atoms with Gasteiger partial charge in [0.05, 0.1) is 11.5 Å². The van der Waals surface area contributed by atoms with E-state index in [0.717, 1.165) is 12.0 Å². The van der Waals surface area contributed by atoms with Gasteiger partial charge in [-0.05, 0) is 24.1 Å². The minimum atomic E-state index is -2.96. The molecule has 1 aliphatic heterocycles. The number of hydrogen-bond acceptors (Lipinski definition) is 3. The first-order valence-electron chi connectivity index (χ1n) is 6.96. The molecule has 0 spiro atoms. The highest BCUT2D eigenvalue weighted by Gasteiger charge is 2.40. The third kappa shape index (κ3) is 3.49. The van der Waals surface area contributed by atoms with Gasteiger partial charge in [0.25, 0.3) is 0 Å². The van der Waals surface area contributed by atoms with Crippen molar-refractivity contribution in [1.82, 2.24) is 10.2 Å². The molecule has 1 N–H and O–H groups in total. The van der Waals surface area contributed by atoms with Crippen LogP contribution >= 0.6 is 11.6 Å². The van der Waals surface area contributed by atoms with Crippen LogP contribution in [0.4, 0.5) is 4.79 Å². The number of rotatable bonds is 2. The van der Waals surface area contributed by atoms with E-state index in [-0.39, 0.29) is 36.7 Å². The van der Waals surface area contributed by atoms with Crippen LogP contribution in [0.3, 0.4) is 0 Å². The maximum atomic E-state index is 12.1. The highest BCUT2D eigenvalue weighted by Crippen LogP contribution is 2.41. The summed E-state index contributed by atoms with van der Waals surface area (Å²) in [6.45, 7) is 0.561. The summed E-state index contributed by atoms with van der Waals surface area (Å²) in [6.07, 6.45) is 0.901. The molecule has 3 rings (SSSR count). The Morgan fingerprint density at radius 1 is 1.29 bits per heavy atom. The number of amides is 2. The number of halogens is 1. The van der Waals surface area contributed by atoms with Crippen molar-refractivity contribution in [2.45, 2.75) is 18.4 Å². The molecule has 1 aromatic carbocycles. The fraction of sp³-hybridized carbons (Fsp3) is 0.500. The second-order valence-corrected chi connectivity index (χ2v) is 8.33. The van der Waals surface area contributed by atoms with Gasteiger partial charge in [0.15, 0.2) is 9.84 Å². The molecule has 21 heavy (non-hydrogen) atoms. The minimum absolute atomic E-state index is 0.0583. The molecule has 5 nitrogen and oxygen atoms in total. The molecule has 2 fully saturated rings. The number of carbonyl (C=O) groups is 1. The van der Waals surface area contributed by atoms with Gasteiger partial charge in [-0.25, -0.2) is 13.2 Å². The number of urea groups is 1. The number of nitrogens with one attached hydrogen (secondary N) is 1. The Balaban J connectivity index is 1.53. The molecule has 1 saturated carbocycles. The van der Waals surface area contributed by atoms with E-state index < -0.39 is 9.84 Å². The lowest BCUT2D eigenvalue weighted by Crippen LogP contribution is -2.48. The molecule has 1 aromatic rings. The van der Waals surface area contributed by atoms with Crippen molar-refractivity contribution in [3.05, 3.63) is 34.9 Å². The molecule has 0 aromatic heterocycles. The largest absolute Gasteiger partial charge is 0.335 e. The number of benzene rings is 1. The zero-order valence-corrected chi connectivity index (χ0v) is 13.0. The van der Waals surface area contributed by atoms with Crippen LogP contribution in [0, 0.1) is 0 Å². The van der Waals surface area contributed by atoms with Crippen LogP contribution in [0.5, 0.6) is 0 Å². The highest BCUT2D eigenvalue weighted by molar-refractivity contribution is 7.91. The number of nitrogens with zero attached hydrogens (tertiary/aromatic N) is 1. The van der Waals surface area contributed by atoms with Gasteiger partial charge >= 0.3 is 6.03 Å². The van der Waals surface area contributed by atoms with Gasteiger partial charge in [-0.2, -0.15) is 0 Å². The second-order valence-electron chi connectivity index (χ2n) is 5.59. The minimum Gasteiger partial charge on any atom is -0.335 e. The molecule has 7 heteroatoms. The smallest absolute Gasteiger partial charge is 0.317 e. The predicted octanol–water partition coefficient (Wildman–Crippen LogP) is 1.64. The Kier molecular flexibility index (Phi) is 3.84. The first-order chi connectivity index (χ1) is 9.94. The van der Waals surface area contributed by atoms with Gasteiger partial charge in [0.2, 0.25) is 0 Å². The molecule has 2 aliphatic rings. The number of sulfone groups is 1. The van der Waals surface area contributed by atoms with Gasteiger partial charge in [-0.1, -0.05) is 23.7 Å². The van der Waals surface area contributed by atoms with E-state index in [9.17, 15) is 13.2 Å². The van der Waals surface area contributed by atoms with Crippen molar-refractivity contribution in [3.63, 3.8) is 0 Å². The summed E-state index contributed by atoms with van der Waals surface area (Å²) in [5.41, 5.74) is 1.13. The first kappa shape index (κ1) is 14.7. The molecular weight excluding hydrogens is 312 g/mol. The zero-order chi connectivity index (χ0) is 15.0. The topological polar surface area (TPSA) is 66.5 Å². The van der Waals surface area contributed by atoms with Crippen molar-refractivity contribution in [2.24, 2.45) is 0 Å². The molecule has 0 unspecified atom stereocenters. The molecule has 2 amide bonds. The number of hydrogen-bond donors (Lipinski definition) is 1. The molecule has 1 aliphatic carbocycles. The van der Waals surface area contributed by atoms with Crippen LogP contribution < -0.4 is 5.32 Å². The van der Waals surface area contributed by atoms with Gasteiger partial charge in [-0.15, -0.1) is 0 Å². The summed E-state index contributed by atoms with van der Waals surface area (Å²) >= 11 is 5.97. The molecule has 1 saturated heterocycles. The fourth-order valence-corrected chi connectivity index (χ4v) is 4.03. The summed E-state index contributed by atoms with van der Waals surface area (Å²) in [6, 6.07) is 7.62. The molecule has 114 valence electrons. The van der Waals surface area contributed by atoms with E-state index in [4.69, 9.17) is 11.6 Å². The molecule has 0 bridgehead atoms. The lowest BCUT2D eigenvalue weighted by atomic mass is 10.1. The third-order valence-electron chi connectivity index (χ3n) is 4.01. The zero-order valence-electron chi connectivity index (χ0n) is 11.5. The Labute approximate surface area is 129 Å². The average molecular weight is 329 g/mol. The predicted molar refractivity (Wildman–Crippen MR) is 81.4 cm³/mol. The van der Waals surface area contributed by atoms with Gasteiger partial charge in [-0.3, -0.25) is 0 Å². The van der Waals surface area contributed by atoms with Crippen LogP contribution in [0.2, 0.25) is 5.02 Å². The van der Waals surface area contributed by atoms with Gasteiger partial charge < -0.3 is 10.2 Å². The van der Waals surface area contributed by atoms with Crippen LogP contribution in [-0.2, 0) is 9.84 Å². The Bertz CT molecular complexity index is 648. The van der Waals surface area contributed by atoms with Crippen LogP contribution in [0.1, 0.15) is 17.9 Å². The maximum Gasteiger partial charge on any atom is 0.317 e. The van der Waals surface area contributed by atoms with Crippen LogP contribution in [0.15, 0.2) is 24.3 Å². The van der Waals surface area contributed by atoms with Crippen molar-refractivity contribution < 1.29 is 13.2 Å². The summed E-state index contributed by atoms with van der Waals surface area (Å²) in [5.74, 6) is 0.423. The Morgan fingerprint density at radius 2 is 2.00 bits per heavy atom. The quantitative estimate of drug-likeness (QED) is 0.897. The van der Waals surface area contributed by atoms with E-state index >= 15 is 0 Å². The van der Waals surface area contributed by atoms with Crippen molar-refractivity contribution in [2.75, 3.05) is 24.6 Å². The van der Waals surface area contributed by atoms with Crippen LogP contribution in [0.25, 0.3) is 0 Å². The summed E-state index contributed by atoms with van der Waals surface area (Å²) in [7, 11) is -2.96. The monoisotopic (exact) mass is 328 g/mol. The highest BCUT2D eigenvalue weighted by atomic mass is 35.5. The van der Waals surface area contributed by atoms with Gasteiger partial charge in [0.1, 0.15) is 0 Å². The average Bonchev–Trinajstić information content (AvgIpc) is 3.17.